The van der Waals surface area contributed by atoms with Crippen LogP contribution in [0.3, 0.4) is 0 Å². The molecule has 0 bridgehead atoms. The number of nitrogens with one attached hydrogen (secondary N) is 1. The Morgan fingerprint density at radius 1 is 1.16 bits per heavy atom. The van der Waals surface area contributed by atoms with E-state index < -0.39 is 5.82 Å². The van der Waals surface area contributed by atoms with Crippen molar-refractivity contribution in [3.8, 4) is 11.5 Å². The molecule has 1 aromatic carbocycles. The standard InChI is InChI=1S/C34H47FN6O3/c1-5-41(23(2)3)32(43)27-16-26(35)6-7-28(27)44-29-18-36-22-37-30(29)40-20-33(21-40)12-14-39(15-13-33)19-25-8-10-34(11-9-25)17-24(4)31(42)38-34/h6-7,16,18,22-25H,5,8-15,17,19-21H2,1-4H3,(H,38,42). The van der Waals surface area contributed by atoms with Gasteiger partial charge in [0.1, 0.15) is 17.9 Å². The first-order valence-corrected chi connectivity index (χ1v) is 16.5. The van der Waals surface area contributed by atoms with Crippen LogP contribution in [0.1, 0.15) is 83.0 Å². The number of nitrogens with zero attached hydrogens (tertiary/aromatic N) is 5. The molecule has 1 aliphatic carbocycles. The van der Waals surface area contributed by atoms with E-state index >= 15 is 0 Å². The van der Waals surface area contributed by atoms with Crippen molar-refractivity contribution in [1.82, 2.24) is 25.1 Å². The van der Waals surface area contributed by atoms with Gasteiger partial charge in [-0.15, -0.1) is 0 Å². The van der Waals surface area contributed by atoms with Gasteiger partial charge in [0.2, 0.25) is 5.91 Å². The minimum Gasteiger partial charge on any atom is -0.451 e. The number of piperidine rings is 1. The van der Waals surface area contributed by atoms with Gasteiger partial charge in [-0.2, -0.15) is 0 Å². The Balaban J connectivity index is 1.04. The maximum absolute atomic E-state index is 14.3. The van der Waals surface area contributed by atoms with Crippen molar-refractivity contribution in [3.05, 3.63) is 42.1 Å². The van der Waals surface area contributed by atoms with Gasteiger partial charge in [-0.25, -0.2) is 14.4 Å². The molecule has 10 heteroatoms. The highest BCUT2D eigenvalue weighted by Gasteiger charge is 2.47. The second-order valence-electron chi connectivity index (χ2n) is 14.1. The third-order valence-corrected chi connectivity index (χ3v) is 10.7. The minimum absolute atomic E-state index is 0.0252. The predicted molar refractivity (Wildman–Crippen MR) is 167 cm³/mol. The molecule has 238 valence electrons. The lowest BCUT2D eigenvalue weighted by molar-refractivity contribution is -0.122. The SMILES string of the molecule is CCN(C(=O)c1cc(F)ccc1Oc1cncnc1N1CC2(CCN(CC3CCC4(CC3)CC(C)C(=O)N4)CC2)C1)C(C)C. The quantitative estimate of drug-likeness (QED) is 0.438. The number of hydrogen-bond acceptors (Lipinski definition) is 7. The number of carbonyl (C=O) groups is 2. The summed E-state index contributed by atoms with van der Waals surface area (Å²) < 4.78 is 20.5. The van der Waals surface area contributed by atoms with E-state index in [1.54, 1.807) is 11.1 Å². The van der Waals surface area contributed by atoms with E-state index in [9.17, 15) is 14.0 Å². The summed E-state index contributed by atoms with van der Waals surface area (Å²) in [5.41, 5.74) is 0.531. The van der Waals surface area contributed by atoms with Crippen LogP contribution in [0.5, 0.6) is 11.5 Å². The molecule has 4 heterocycles. The zero-order chi connectivity index (χ0) is 31.1. The Kier molecular flexibility index (Phi) is 8.56. The number of amides is 2. The molecule has 9 nitrogen and oxygen atoms in total. The average molecular weight is 607 g/mol. The molecule has 3 aliphatic heterocycles. The molecule has 4 fully saturated rings. The molecule has 1 atom stereocenters. The van der Waals surface area contributed by atoms with Gasteiger partial charge in [-0.05, 0) is 103 Å². The van der Waals surface area contributed by atoms with Gasteiger partial charge >= 0.3 is 0 Å². The van der Waals surface area contributed by atoms with Crippen molar-refractivity contribution in [2.24, 2.45) is 17.3 Å². The average Bonchev–Trinajstić information content (AvgIpc) is 3.27. The molecule has 1 N–H and O–H groups in total. The molecule has 3 saturated heterocycles. The fourth-order valence-corrected chi connectivity index (χ4v) is 8.06. The van der Waals surface area contributed by atoms with Crippen LogP contribution in [0.25, 0.3) is 0 Å². The third kappa shape index (κ3) is 6.14. The lowest BCUT2D eigenvalue weighted by atomic mass is 9.71. The molecule has 1 aromatic heterocycles. The fraction of sp³-hybridized carbons (Fsp3) is 0.647. The first-order chi connectivity index (χ1) is 21.1. The maximum atomic E-state index is 14.3. The van der Waals surface area contributed by atoms with E-state index in [4.69, 9.17) is 4.74 Å². The van der Waals surface area contributed by atoms with Crippen LogP contribution in [0.4, 0.5) is 10.2 Å². The van der Waals surface area contributed by atoms with Gasteiger partial charge in [0.25, 0.3) is 5.91 Å². The van der Waals surface area contributed by atoms with Gasteiger partial charge in [0, 0.05) is 49.1 Å². The molecule has 6 rings (SSSR count). The van der Waals surface area contributed by atoms with Crippen LogP contribution in [0, 0.1) is 23.1 Å². The lowest BCUT2D eigenvalue weighted by Crippen LogP contribution is -2.61. The summed E-state index contributed by atoms with van der Waals surface area (Å²) in [6.45, 7) is 13.6. The maximum Gasteiger partial charge on any atom is 0.257 e. The van der Waals surface area contributed by atoms with E-state index in [0.29, 0.717) is 29.8 Å². The lowest BCUT2D eigenvalue weighted by Gasteiger charge is -2.55. The Morgan fingerprint density at radius 3 is 2.52 bits per heavy atom. The topological polar surface area (TPSA) is 90.9 Å². The highest BCUT2D eigenvalue weighted by molar-refractivity contribution is 5.97. The van der Waals surface area contributed by atoms with E-state index in [2.05, 4.69) is 32.0 Å². The summed E-state index contributed by atoms with van der Waals surface area (Å²) in [6.07, 6.45) is 11.1. The van der Waals surface area contributed by atoms with Crippen LogP contribution in [-0.2, 0) is 4.79 Å². The van der Waals surface area contributed by atoms with Crippen molar-refractivity contribution in [2.75, 3.05) is 44.2 Å². The number of rotatable bonds is 8. The van der Waals surface area contributed by atoms with Crippen LogP contribution >= 0.6 is 0 Å². The van der Waals surface area contributed by atoms with Gasteiger partial charge in [-0.1, -0.05) is 6.92 Å². The van der Waals surface area contributed by atoms with E-state index in [1.807, 2.05) is 20.8 Å². The number of carbonyl (C=O) groups excluding carboxylic acids is 2. The summed E-state index contributed by atoms with van der Waals surface area (Å²) >= 11 is 0. The Labute approximate surface area is 260 Å². The molecule has 44 heavy (non-hydrogen) atoms. The zero-order valence-corrected chi connectivity index (χ0v) is 26.6. The largest absolute Gasteiger partial charge is 0.451 e. The van der Waals surface area contributed by atoms with Crippen LogP contribution in [-0.4, -0.2) is 82.4 Å². The Morgan fingerprint density at radius 2 is 1.89 bits per heavy atom. The van der Waals surface area contributed by atoms with Crippen LogP contribution in [0.15, 0.2) is 30.7 Å². The molecular weight excluding hydrogens is 559 g/mol. The highest BCUT2D eigenvalue weighted by Crippen LogP contribution is 2.46. The second kappa shape index (κ2) is 12.3. The van der Waals surface area contributed by atoms with Gasteiger partial charge < -0.3 is 24.8 Å². The molecular formula is C34H47FN6O3. The molecule has 4 aliphatic rings. The number of benzene rings is 1. The van der Waals surface area contributed by atoms with E-state index in [0.717, 1.165) is 64.8 Å². The van der Waals surface area contributed by atoms with Crippen LogP contribution in [0.2, 0.25) is 0 Å². The third-order valence-electron chi connectivity index (χ3n) is 10.7. The first kappa shape index (κ1) is 30.7. The van der Waals surface area contributed by atoms with Gasteiger partial charge in [0.05, 0.1) is 11.8 Å². The smallest absolute Gasteiger partial charge is 0.257 e. The van der Waals surface area contributed by atoms with E-state index in [1.165, 1.54) is 37.4 Å². The van der Waals surface area contributed by atoms with Crippen LogP contribution < -0.4 is 15.0 Å². The van der Waals surface area contributed by atoms with Crippen molar-refractivity contribution < 1.29 is 18.7 Å². The minimum atomic E-state index is -0.481. The molecule has 1 unspecified atom stereocenters. The van der Waals surface area contributed by atoms with E-state index in [-0.39, 0.29) is 40.3 Å². The van der Waals surface area contributed by atoms with Gasteiger partial charge in [0.15, 0.2) is 11.6 Å². The van der Waals surface area contributed by atoms with Crippen molar-refractivity contribution in [3.63, 3.8) is 0 Å². The Hall–Kier alpha value is -3.27. The zero-order valence-electron chi connectivity index (χ0n) is 26.6. The molecule has 2 amide bonds. The Bertz CT molecular complexity index is 1360. The monoisotopic (exact) mass is 606 g/mol. The molecule has 2 aromatic rings. The molecule has 0 radical (unpaired) electrons. The summed E-state index contributed by atoms with van der Waals surface area (Å²) in [6, 6.07) is 4.04. The first-order valence-electron chi connectivity index (χ1n) is 16.5. The molecule has 2 spiro atoms. The summed E-state index contributed by atoms with van der Waals surface area (Å²) in [7, 11) is 0. The number of anilines is 1. The second-order valence-corrected chi connectivity index (χ2v) is 14.1. The van der Waals surface area contributed by atoms with Crippen molar-refractivity contribution in [1.29, 1.82) is 0 Å². The number of ether oxygens (including phenoxy) is 1. The number of halogens is 1. The summed E-state index contributed by atoms with van der Waals surface area (Å²) in [5, 5.41) is 3.32. The van der Waals surface area contributed by atoms with Crippen molar-refractivity contribution in [2.45, 2.75) is 84.2 Å². The molecule has 1 saturated carbocycles. The normalized spacial score (nSPS) is 26.6. The number of aromatic nitrogens is 2. The number of hydrogen-bond donors (Lipinski definition) is 1. The van der Waals surface area contributed by atoms with Gasteiger partial charge in [-0.3, -0.25) is 9.59 Å². The summed E-state index contributed by atoms with van der Waals surface area (Å²) in [5.74, 6) is 1.83. The van der Waals surface area contributed by atoms with Crippen molar-refractivity contribution >= 4 is 17.6 Å². The number of likely N-dealkylation sites (tertiary alicyclic amines) is 1. The predicted octanol–water partition coefficient (Wildman–Crippen LogP) is 5.27. The fourth-order valence-electron chi connectivity index (χ4n) is 8.06. The highest BCUT2D eigenvalue weighted by atomic mass is 19.1. The summed E-state index contributed by atoms with van der Waals surface area (Å²) in [4.78, 5) is 40.7.